The number of nitrogens with zero attached hydrogens (tertiary/aromatic N) is 2. The molecule has 0 radical (unpaired) electrons. The van der Waals surface area contributed by atoms with Crippen LogP contribution in [0.4, 0.5) is 0 Å². The largest absolute Gasteiger partial charge is 0.384 e. The standard InChI is InChI=1S/C9H14N4/c1-9(2,3)8-12-4-6(5-13-8)7(10)11/h4-5H,1-3H3,(H3,10,11). The van der Waals surface area contributed by atoms with Crippen LogP contribution in [0.3, 0.4) is 0 Å². The molecule has 70 valence electrons. The molecule has 13 heavy (non-hydrogen) atoms. The molecule has 1 aromatic heterocycles. The van der Waals surface area contributed by atoms with Crippen LogP contribution in [-0.2, 0) is 5.41 Å². The second-order valence-electron chi connectivity index (χ2n) is 3.96. The molecule has 0 aliphatic rings. The number of nitrogens with one attached hydrogen (secondary N) is 1. The molecular formula is C9H14N4. The molecule has 0 aliphatic heterocycles. The number of aromatic nitrogens is 2. The smallest absolute Gasteiger partial charge is 0.133 e. The molecule has 1 rings (SSSR count). The lowest BCUT2D eigenvalue weighted by atomic mass is 9.96. The molecular weight excluding hydrogens is 164 g/mol. The van der Waals surface area contributed by atoms with Crippen LogP contribution in [0.25, 0.3) is 0 Å². The molecule has 0 amide bonds. The SMILES string of the molecule is CC(C)(C)c1ncc(C(=N)N)cn1. The van der Waals surface area contributed by atoms with Gasteiger partial charge >= 0.3 is 0 Å². The summed E-state index contributed by atoms with van der Waals surface area (Å²) in [5.74, 6) is 0.762. The quantitative estimate of drug-likeness (QED) is 0.498. The van der Waals surface area contributed by atoms with Crippen LogP contribution in [0.15, 0.2) is 12.4 Å². The number of rotatable bonds is 1. The predicted octanol–water partition coefficient (Wildman–Crippen LogP) is 1.06. The Morgan fingerprint density at radius 2 is 1.77 bits per heavy atom. The second kappa shape index (κ2) is 3.12. The zero-order valence-corrected chi connectivity index (χ0v) is 8.13. The fraction of sp³-hybridized carbons (Fsp3) is 0.444. The Bertz CT molecular complexity index is 307. The normalized spacial score (nSPS) is 11.3. The highest BCUT2D eigenvalue weighted by molar-refractivity contribution is 5.94. The number of amidine groups is 1. The topological polar surface area (TPSA) is 75.7 Å². The zero-order chi connectivity index (χ0) is 10.1. The molecule has 0 unspecified atom stereocenters. The van der Waals surface area contributed by atoms with E-state index in [0.717, 1.165) is 5.82 Å². The maximum atomic E-state index is 7.16. The average Bonchev–Trinajstić information content (AvgIpc) is 2.03. The molecule has 4 heteroatoms. The van der Waals surface area contributed by atoms with Crippen molar-refractivity contribution in [1.29, 1.82) is 5.41 Å². The van der Waals surface area contributed by atoms with Crippen molar-refractivity contribution in [2.75, 3.05) is 0 Å². The molecule has 0 bridgehead atoms. The van der Waals surface area contributed by atoms with Gasteiger partial charge in [0.1, 0.15) is 11.7 Å². The minimum Gasteiger partial charge on any atom is -0.384 e. The minimum atomic E-state index is -0.0602. The summed E-state index contributed by atoms with van der Waals surface area (Å²) in [5, 5.41) is 7.16. The number of hydrogen-bond acceptors (Lipinski definition) is 3. The van der Waals surface area contributed by atoms with Crippen molar-refractivity contribution in [3.05, 3.63) is 23.8 Å². The summed E-state index contributed by atoms with van der Waals surface area (Å²) in [6.45, 7) is 6.11. The van der Waals surface area contributed by atoms with Crippen LogP contribution >= 0.6 is 0 Å². The lowest BCUT2D eigenvalue weighted by molar-refractivity contribution is 0.545. The van der Waals surface area contributed by atoms with Crippen LogP contribution in [-0.4, -0.2) is 15.8 Å². The van der Waals surface area contributed by atoms with Crippen molar-refractivity contribution in [3.8, 4) is 0 Å². The van der Waals surface area contributed by atoms with Gasteiger partial charge in [-0.15, -0.1) is 0 Å². The molecule has 0 atom stereocenters. The summed E-state index contributed by atoms with van der Waals surface area (Å²) >= 11 is 0. The van der Waals surface area contributed by atoms with E-state index in [-0.39, 0.29) is 11.3 Å². The average molecular weight is 178 g/mol. The van der Waals surface area contributed by atoms with E-state index in [2.05, 4.69) is 9.97 Å². The molecule has 4 nitrogen and oxygen atoms in total. The summed E-state index contributed by atoms with van der Waals surface area (Å²) in [6, 6.07) is 0. The van der Waals surface area contributed by atoms with E-state index < -0.39 is 0 Å². The summed E-state index contributed by atoms with van der Waals surface area (Å²) in [4.78, 5) is 8.28. The molecule has 0 aliphatic carbocycles. The van der Waals surface area contributed by atoms with E-state index in [1.54, 1.807) is 12.4 Å². The van der Waals surface area contributed by atoms with Gasteiger partial charge in [-0.25, -0.2) is 9.97 Å². The van der Waals surface area contributed by atoms with Crippen LogP contribution in [0.5, 0.6) is 0 Å². The summed E-state index contributed by atoms with van der Waals surface area (Å²) in [6.07, 6.45) is 3.16. The Hall–Kier alpha value is -1.45. The van der Waals surface area contributed by atoms with Gasteiger partial charge in [-0.2, -0.15) is 0 Å². The molecule has 0 aromatic carbocycles. The van der Waals surface area contributed by atoms with E-state index in [4.69, 9.17) is 11.1 Å². The van der Waals surface area contributed by atoms with E-state index in [0.29, 0.717) is 5.56 Å². The van der Waals surface area contributed by atoms with Gasteiger partial charge in [0, 0.05) is 17.8 Å². The first-order chi connectivity index (χ1) is 5.91. The number of nitrogens with two attached hydrogens (primary N) is 1. The Balaban J connectivity index is 3.01. The summed E-state index contributed by atoms with van der Waals surface area (Å²) < 4.78 is 0. The monoisotopic (exact) mass is 178 g/mol. The van der Waals surface area contributed by atoms with Crippen LogP contribution in [0.2, 0.25) is 0 Å². The second-order valence-corrected chi connectivity index (χ2v) is 3.96. The van der Waals surface area contributed by atoms with Crippen molar-refractivity contribution < 1.29 is 0 Å². The van der Waals surface area contributed by atoms with Gasteiger partial charge in [0.15, 0.2) is 0 Å². The van der Waals surface area contributed by atoms with E-state index >= 15 is 0 Å². The van der Waals surface area contributed by atoms with Gasteiger partial charge in [-0.05, 0) is 0 Å². The van der Waals surface area contributed by atoms with Gasteiger partial charge in [0.25, 0.3) is 0 Å². The molecule has 0 fully saturated rings. The third-order valence-electron chi connectivity index (χ3n) is 1.63. The molecule has 1 heterocycles. The van der Waals surface area contributed by atoms with Crippen molar-refractivity contribution in [2.45, 2.75) is 26.2 Å². The third-order valence-corrected chi connectivity index (χ3v) is 1.63. The van der Waals surface area contributed by atoms with Crippen molar-refractivity contribution in [1.82, 2.24) is 9.97 Å². The third kappa shape index (κ3) is 2.24. The van der Waals surface area contributed by atoms with Crippen LogP contribution in [0, 0.1) is 5.41 Å². The first-order valence-corrected chi connectivity index (χ1v) is 4.08. The maximum Gasteiger partial charge on any atom is 0.133 e. The summed E-state index contributed by atoms with van der Waals surface area (Å²) in [5.41, 5.74) is 5.78. The van der Waals surface area contributed by atoms with Gasteiger partial charge in [-0.3, -0.25) is 5.41 Å². The van der Waals surface area contributed by atoms with Crippen LogP contribution < -0.4 is 5.73 Å². The highest BCUT2D eigenvalue weighted by Gasteiger charge is 2.16. The first-order valence-electron chi connectivity index (χ1n) is 4.08. The van der Waals surface area contributed by atoms with Gasteiger partial charge in [-0.1, -0.05) is 20.8 Å². The first kappa shape index (κ1) is 9.64. The van der Waals surface area contributed by atoms with Crippen molar-refractivity contribution in [2.24, 2.45) is 5.73 Å². The maximum absolute atomic E-state index is 7.16. The Labute approximate surface area is 77.7 Å². The lowest BCUT2D eigenvalue weighted by Gasteiger charge is -2.15. The highest BCUT2D eigenvalue weighted by Crippen LogP contribution is 2.16. The van der Waals surface area contributed by atoms with Gasteiger partial charge in [0.05, 0.1) is 5.56 Å². The Morgan fingerprint density at radius 3 is 2.08 bits per heavy atom. The fourth-order valence-electron chi connectivity index (χ4n) is 0.854. The zero-order valence-electron chi connectivity index (χ0n) is 8.13. The minimum absolute atomic E-state index is 0.000425. The fourth-order valence-corrected chi connectivity index (χ4v) is 0.854. The lowest BCUT2D eigenvalue weighted by Crippen LogP contribution is -2.18. The molecule has 1 aromatic rings. The van der Waals surface area contributed by atoms with Gasteiger partial charge < -0.3 is 5.73 Å². The van der Waals surface area contributed by atoms with Crippen molar-refractivity contribution >= 4 is 5.84 Å². The van der Waals surface area contributed by atoms with E-state index in [1.807, 2.05) is 20.8 Å². The molecule has 0 spiro atoms. The highest BCUT2D eigenvalue weighted by atomic mass is 14.9. The number of hydrogen-bond donors (Lipinski definition) is 2. The Morgan fingerprint density at radius 1 is 1.31 bits per heavy atom. The molecule has 0 saturated heterocycles. The van der Waals surface area contributed by atoms with E-state index in [1.165, 1.54) is 0 Å². The molecule has 0 saturated carbocycles. The van der Waals surface area contributed by atoms with Crippen LogP contribution in [0.1, 0.15) is 32.2 Å². The summed E-state index contributed by atoms with van der Waals surface area (Å²) in [7, 11) is 0. The number of nitrogen functional groups attached to an aromatic ring is 1. The van der Waals surface area contributed by atoms with E-state index in [9.17, 15) is 0 Å². The predicted molar refractivity (Wildman–Crippen MR) is 51.7 cm³/mol. The van der Waals surface area contributed by atoms with Crippen molar-refractivity contribution in [3.63, 3.8) is 0 Å². The molecule has 3 N–H and O–H groups in total. The Kier molecular flexibility index (Phi) is 2.32. The van der Waals surface area contributed by atoms with Gasteiger partial charge in [0.2, 0.25) is 0 Å².